The van der Waals surface area contributed by atoms with Gasteiger partial charge in [0.2, 0.25) is 11.9 Å². The molecule has 3 N–H and O–H groups in total. The predicted octanol–water partition coefficient (Wildman–Crippen LogP) is 7.27. The lowest BCUT2D eigenvalue weighted by atomic mass is 10.1. The first-order chi connectivity index (χ1) is 25.3. The molecule has 16 heteroatoms. The molecule has 3 aliphatic rings. The van der Waals surface area contributed by atoms with E-state index in [9.17, 15) is 22.8 Å². The number of nitrogens with zero attached hydrogens (tertiary/aromatic N) is 4. The average Bonchev–Trinajstić information content (AvgIpc) is 3.58. The van der Waals surface area contributed by atoms with Gasteiger partial charge in [-0.25, -0.2) is 4.79 Å². The van der Waals surface area contributed by atoms with Crippen molar-refractivity contribution < 1.29 is 41.7 Å². The highest BCUT2D eigenvalue weighted by Gasteiger charge is 2.31. The molecular formula is C37H48F3N7O6. The largest absolute Gasteiger partial charge is 0.494 e. The Morgan fingerprint density at radius 1 is 0.925 bits per heavy atom. The topological polar surface area (TPSA) is 149 Å². The summed E-state index contributed by atoms with van der Waals surface area (Å²) in [6.07, 6.45) is 1.53. The first kappa shape index (κ1) is 39.2. The zero-order chi connectivity index (χ0) is 37.8. The third-order valence-electron chi connectivity index (χ3n) is 8.39. The van der Waals surface area contributed by atoms with Crippen LogP contribution >= 0.6 is 0 Å². The standard InChI is InChI=1S/C37H48F3N7O6/c1-36(2,3)53-35(49)47-17-16-26(23-47)22-41-31(48)29-15-12-27-20-30(29)51-19-9-7-5-4-6-8-18-50-28-13-10-25(11-14-28)21-42-32-44-33(43-27)46-34(45-32)52-24-37(38,39)40/h10-15,20,26H,4-9,16-19,21-24H2,1-3H3,(H,41,48)(H2,42,43,44,45,46). The number of amides is 2. The molecule has 1 aromatic heterocycles. The van der Waals surface area contributed by atoms with Crippen molar-refractivity contribution in [3.63, 3.8) is 0 Å². The number of hydrogen-bond donors (Lipinski definition) is 3. The van der Waals surface area contributed by atoms with E-state index in [1.54, 1.807) is 23.1 Å². The lowest BCUT2D eigenvalue weighted by Gasteiger charge is -2.24. The summed E-state index contributed by atoms with van der Waals surface area (Å²) in [6.45, 7) is 6.48. The van der Waals surface area contributed by atoms with Crippen LogP contribution in [-0.2, 0) is 11.3 Å². The number of halogens is 3. The molecule has 4 heterocycles. The molecule has 0 saturated carbocycles. The van der Waals surface area contributed by atoms with E-state index in [1.807, 2.05) is 45.0 Å². The van der Waals surface area contributed by atoms with Crippen LogP contribution in [0.25, 0.3) is 0 Å². The summed E-state index contributed by atoms with van der Waals surface area (Å²) in [6, 6.07) is 11.8. The molecule has 288 valence electrons. The Bertz CT molecular complexity index is 1670. The number of alkyl halides is 3. The van der Waals surface area contributed by atoms with E-state index in [2.05, 4.69) is 30.9 Å². The number of benzene rings is 2. The molecule has 1 fully saturated rings. The van der Waals surface area contributed by atoms with Crippen LogP contribution in [0.2, 0.25) is 0 Å². The Morgan fingerprint density at radius 2 is 1.62 bits per heavy atom. The van der Waals surface area contributed by atoms with Gasteiger partial charge in [-0.2, -0.15) is 28.1 Å². The van der Waals surface area contributed by atoms with E-state index in [-0.39, 0.29) is 36.4 Å². The molecule has 0 aliphatic carbocycles. The van der Waals surface area contributed by atoms with Gasteiger partial charge >= 0.3 is 18.3 Å². The predicted molar refractivity (Wildman–Crippen MR) is 192 cm³/mol. The fourth-order valence-electron chi connectivity index (χ4n) is 5.73. The summed E-state index contributed by atoms with van der Waals surface area (Å²) in [5, 5.41) is 9.00. The van der Waals surface area contributed by atoms with Crippen molar-refractivity contribution in [2.24, 2.45) is 5.92 Å². The van der Waals surface area contributed by atoms with Crippen LogP contribution in [0.15, 0.2) is 42.5 Å². The zero-order valence-electron chi connectivity index (χ0n) is 30.4. The Hall–Kier alpha value is -5.02. The molecule has 6 rings (SSSR count). The van der Waals surface area contributed by atoms with Gasteiger partial charge in [-0.15, -0.1) is 0 Å². The molecule has 1 saturated heterocycles. The van der Waals surface area contributed by atoms with E-state index in [4.69, 9.17) is 18.9 Å². The number of hydrogen-bond acceptors (Lipinski definition) is 11. The number of carbonyl (C=O) groups is 2. The van der Waals surface area contributed by atoms with E-state index < -0.39 is 24.4 Å². The van der Waals surface area contributed by atoms with Crippen LogP contribution in [0.1, 0.15) is 81.6 Å². The van der Waals surface area contributed by atoms with Gasteiger partial charge in [0.15, 0.2) is 6.61 Å². The highest BCUT2D eigenvalue weighted by Crippen LogP contribution is 2.28. The normalized spacial score (nSPS) is 17.4. The number of ether oxygens (including phenoxy) is 4. The van der Waals surface area contributed by atoms with Crippen LogP contribution in [-0.4, -0.2) is 83.1 Å². The lowest BCUT2D eigenvalue weighted by Crippen LogP contribution is -2.36. The third kappa shape index (κ3) is 13.2. The highest BCUT2D eigenvalue weighted by atomic mass is 19.4. The molecule has 0 radical (unpaired) electrons. The Labute approximate surface area is 307 Å². The quantitative estimate of drug-likeness (QED) is 0.242. The highest BCUT2D eigenvalue weighted by molar-refractivity contribution is 5.97. The van der Waals surface area contributed by atoms with Gasteiger partial charge in [-0.1, -0.05) is 37.8 Å². The van der Waals surface area contributed by atoms with Crippen molar-refractivity contribution in [1.29, 1.82) is 0 Å². The number of carbonyl (C=O) groups excluding carboxylic acids is 2. The maximum Gasteiger partial charge on any atom is 0.422 e. The van der Waals surface area contributed by atoms with Crippen molar-refractivity contribution >= 4 is 29.6 Å². The van der Waals surface area contributed by atoms with E-state index in [0.29, 0.717) is 49.8 Å². The second-order valence-electron chi connectivity index (χ2n) is 14.1. The molecule has 1 unspecified atom stereocenters. The van der Waals surface area contributed by atoms with Gasteiger partial charge in [-0.05, 0) is 75.8 Å². The summed E-state index contributed by atoms with van der Waals surface area (Å²) >= 11 is 0. The SMILES string of the molecule is CC(C)(C)OC(=O)N1CCC(CNC(=O)c2ccc3cc2OCCCCCCCCOc2ccc(cc2)CNc2nc(nc(OCC(F)(F)F)n2)N3)C1. The van der Waals surface area contributed by atoms with E-state index >= 15 is 0 Å². The number of likely N-dealkylation sites (tertiary alicyclic amines) is 1. The Balaban J connectivity index is 1.33. The number of aromatic nitrogens is 3. The number of anilines is 3. The fraction of sp³-hybridized carbons (Fsp3) is 0.541. The molecule has 2 amide bonds. The van der Waals surface area contributed by atoms with Crippen LogP contribution in [0, 0.1) is 5.92 Å². The van der Waals surface area contributed by atoms with E-state index in [0.717, 1.165) is 56.3 Å². The molecule has 0 spiro atoms. The minimum Gasteiger partial charge on any atom is -0.494 e. The van der Waals surface area contributed by atoms with Gasteiger partial charge in [0.05, 0.1) is 18.8 Å². The maximum atomic E-state index is 13.5. The summed E-state index contributed by atoms with van der Waals surface area (Å²) in [7, 11) is 0. The third-order valence-corrected chi connectivity index (χ3v) is 8.39. The van der Waals surface area contributed by atoms with E-state index in [1.165, 1.54) is 0 Å². The molecule has 13 nitrogen and oxygen atoms in total. The van der Waals surface area contributed by atoms with Gasteiger partial charge in [0.25, 0.3) is 5.91 Å². The molecule has 3 aromatic rings. The second kappa shape index (κ2) is 18.1. The van der Waals surface area contributed by atoms with Crippen LogP contribution < -0.4 is 30.2 Å². The monoisotopic (exact) mass is 743 g/mol. The van der Waals surface area contributed by atoms with Crippen LogP contribution in [0.3, 0.4) is 0 Å². The first-order valence-electron chi connectivity index (χ1n) is 18.0. The summed E-state index contributed by atoms with van der Waals surface area (Å²) in [5.74, 6) is 0.681. The van der Waals surface area contributed by atoms with Crippen molar-refractivity contribution in [3.8, 4) is 17.5 Å². The summed E-state index contributed by atoms with van der Waals surface area (Å²) in [5.41, 5.74) is 1.00. The number of nitrogens with one attached hydrogen (secondary N) is 3. The van der Waals surface area contributed by atoms with Gasteiger partial charge in [-0.3, -0.25) is 4.79 Å². The summed E-state index contributed by atoms with van der Waals surface area (Å²) in [4.78, 5) is 40.1. The van der Waals surface area contributed by atoms with Crippen molar-refractivity contribution in [1.82, 2.24) is 25.2 Å². The fourth-order valence-corrected chi connectivity index (χ4v) is 5.73. The minimum absolute atomic E-state index is 0.0111. The molecule has 2 aromatic carbocycles. The first-order valence-corrected chi connectivity index (χ1v) is 18.0. The average molecular weight is 744 g/mol. The van der Waals surface area contributed by atoms with Crippen LogP contribution in [0.5, 0.6) is 17.5 Å². The molecule has 3 aliphatic heterocycles. The summed E-state index contributed by atoms with van der Waals surface area (Å²) < 4.78 is 61.4. The molecule has 6 bridgehead atoms. The molecule has 1 atom stereocenters. The van der Waals surface area contributed by atoms with Crippen LogP contribution in [0.4, 0.5) is 35.5 Å². The number of fused-ring (bicyclic) bond motifs is 12. The van der Waals surface area contributed by atoms with Gasteiger partial charge in [0.1, 0.15) is 17.1 Å². The number of rotatable bonds is 5. The Morgan fingerprint density at radius 3 is 2.34 bits per heavy atom. The van der Waals surface area contributed by atoms with Crippen molar-refractivity contribution in [2.75, 3.05) is 50.1 Å². The van der Waals surface area contributed by atoms with Crippen molar-refractivity contribution in [2.45, 2.75) is 84.0 Å². The molecule has 53 heavy (non-hydrogen) atoms. The maximum absolute atomic E-state index is 13.5. The van der Waals surface area contributed by atoms with Crippen molar-refractivity contribution in [3.05, 3.63) is 53.6 Å². The smallest absolute Gasteiger partial charge is 0.422 e. The van der Waals surface area contributed by atoms with Gasteiger partial charge < -0.3 is 39.8 Å². The Kier molecular flexibility index (Phi) is 13.4. The van der Waals surface area contributed by atoms with Gasteiger partial charge in [0, 0.05) is 37.9 Å². The second-order valence-corrected chi connectivity index (χ2v) is 14.1. The molecular weight excluding hydrogens is 695 g/mol. The lowest BCUT2D eigenvalue weighted by molar-refractivity contribution is -0.154. The zero-order valence-corrected chi connectivity index (χ0v) is 30.4. The minimum atomic E-state index is -4.60.